The van der Waals surface area contributed by atoms with Crippen molar-refractivity contribution in [3.8, 4) is 0 Å². The zero-order valence-electron chi connectivity index (χ0n) is 15.2. The fourth-order valence-electron chi connectivity index (χ4n) is 3.81. The van der Waals surface area contributed by atoms with Crippen molar-refractivity contribution < 1.29 is 13.2 Å². The molecule has 0 radical (unpaired) electrons. The summed E-state index contributed by atoms with van der Waals surface area (Å²) in [7, 11) is -3.53. The van der Waals surface area contributed by atoms with Crippen molar-refractivity contribution in [1.82, 2.24) is 9.21 Å². The van der Waals surface area contributed by atoms with Gasteiger partial charge < -0.3 is 4.90 Å². The first-order chi connectivity index (χ1) is 11.9. The number of sulfonamides is 1. The summed E-state index contributed by atoms with van der Waals surface area (Å²) in [5, 5.41) is 0. The maximum Gasteiger partial charge on any atom is 0.253 e. The van der Waals surface area contributed by atoms with Gasteiger partial charge in [-0.25, -0.2) is 8.42 Å². The number of amides is 1. The lowest BCUT2D eigenvalue weighted by molar-refractivity contribution is 0.0683. The summed E-state index contributed by atoms with van der Waals surface area (Å²) in [5.74, 6) is 0.446. The van der Waals surface area contributed by atoms with Crippen LogP contribution in [0.4, 0.5) is 0 Å². The Balaban J connectivity index is 1.88. The second-order valence-electron chi connectivity index (χ2n) is 7.44. The molecule has 0 spiro atoms. The van der Waals surface area contributed by atoms with E-state index in [1.54, 1.807) is 29.4 Å². The summed E-state index contributed by atoms with van der Waals surface area (Å²) in [5.41, 5.74) is 1.18. The molecule has 2 heterocycles. The van der Waals surface area contributed by atoms with Gasteiger partial charge in [0.15, 0.2) is 0 Å². The first kappa shape index (κ1) is 18.4. The van der Waals surface area contributed by atoms with Crippen molar-refractivity contribution in [3.63, 3.8) is 0 Å². The zero-order valence-corrected chi connectivity index (χ0v) is 16.0. The van der Waals surface area contributed by atoms with E-state index in [-0.39, 0.29) is 10.8 Å². The quantitative estimate of drug-likeness (QED) is 0.828. The molecule has 1 amide bonds. The van der Waals surface area contributed by atoms with E-state index in [2.05, 4.69) is 6.92 Å². The monoisotopic (exact) mass is 364 g/mol. The summed E-state index contributed by atoms with van der Waals surface area (Å²) in [6, 6.07) is 5.10. The minimum Gasteiger partial charge on any atom is -0.338 e. The maximum absolute atomic E-state index is 13.0. The van der Waals surface area contributed by atoms with Crippen LogP contribution in [0.3, 0.4) is 0 Å². The Morgan fingerprint density at radius 1 is 1.08 bits per heavy atom. The van der Waals surface area contributed by atoms with Crippen LogP contribution in [-0.2, 0) is 10.0 Å². The highest BCUT2D eigenvalue weighted by Gasteiger charge is 2.29. The fraction of sp³-hybridized carbons (Fsp3) is 0.632. The lowest BCUT2D eigenvalue weighted by atomic mass is 9.99. The van der Waals surface area contributed by atoms with Gasteiger partial charge in [-0.1, -0.05) is 19.4 Å². The predicted molar refractivity (Wildman–Crippen MR) is 98.1 cm³/mol. The van der Waals surface area contributed by atoms with Gasteiger partial charge in [0.2, 0.25) is 10.0 Å². The van der Waals surface area contributed by atoms with Crippen LogP contribution in [0.15, 0.2) is 23.1 Å². The number of benzene rings is 1. The van der Waals surface area contributed by atoms with E-state index in [0.29, 0.717) is 30.1 Å². The highest BCUT2D eigenvalue weighted by molar-refractivity contribution is 7.89. The van der Waals surface area contributed by atoms with Gasteiger partial charge in [-0.15, -0.1) is 0 Å². The van der Waals surface area contributed by atoms with E-state index >= 15 is 0 Å². The summed E-state index contributed by atoms with van der Waals surface area (Å²) in [4.78, 5) is 15.0. The highest BCUT2D eigenvalue weighted by atomic mass is 32.2. The van der Waals surface area contributed by atoms with Gasteiger partial charge >= 0.3 is 0 Å². The molecule has 5 nitrogen and oxygen atoms in total. The summed E-state index contributed by atoms with van der Waals surface area (Å²) >= 11 is 0. The van der Waals surface area contributed by atoms with Crippen molar-refractivity contribution in [2.75, 3.05) is 26.2 Å². The van der Waals surface area contributed by atoms with E-state index in [4.69, 9.17) is 0 Å². The first-order valence-corrected chi connectivity index (χ1v) is 10.7. The third-order valence-electron chi connectivity index (χ3n) is 5.31. The molecule has 6 heteroatoms. The molecular formula is C19H28N2O3S. The molecule has 0 unspecified atom stereocenters. The Bertz CT molecular complexity index is 739. The van der Waals surface area contributed by atoms with Crippen LogP contribution in [0.2, 0.25) is 0 Å². The van der Waals surface area contributed by atoms with Crippen LogP contribution >= 0.6 is 0 Å². The molecule has 2 fully saturated rings. The molecule has 0 aliphatic carbocycles. The van der Waals surface area contributed by atoms with Crippen molar-refractivity contribution in [3.05, 3.63) is 29.3 Å². The standard InChI is InChI=1S/C19H28N2O3S/c1-15-7-6-10-20(14-15)19(22)17-9-8-16(2)18(13-17)25(23,24)21-11-4-3-5-12-21/h8-9,13,15H,3-7,10-12,14H2,1-2H3/t15-/m0/s1. The molecule has 2 saturated heterocycles. The van der Waals surface area contributed by atoms with Gasteiger partial charge in [0.05, 0.1) is 4.90 Å². The van der Waals surface area contributed by atoms with Crippen LogP contribution in [0.1, 0.15) is 54.9 Å². The fourth-order valence-corrected chi connectivity index (χ4v) is 5.58. The number of carbonyl (C=O) groups is 1. The van der Waals surface area contributed by atoms with Gasteiger partial charge in [-0.05, 0) is 56.2 Å². The van der Waals surface area contributed by atoms with Crippen LogP contribution in [0.5, 0.6) is 0 Å². The summed E-state index contributed by atoms with van der Waals surface area (Å²) in [6.45, 7) is 6.61. The van der Waals surface area contributed by atoms with Crippen LogP contribution in [0.25, 0.3) is 0 Å². The third-order valence-corrected chi connectivity index (χ3v) is 7.35. The Morgan fingerprint density at radius 3 is 2.48 bits per heavy atom. The minimum absolute atomic E-state index is 0.0540. The molecule has 0 N–H and O–H groups in total. The molecule has 1 aromatic rings. The molecule has 0 bridgehead atoms. The van der Waals surface area contributed by atoms with Gasteiger partial charge in [-0.2, -0.15) is 4.31 Å². The highest BCUT2D eigenvalue weighted by Crippen LogP contribution is 2.26. The molecular weight excluding hydrogens is 336 g/mol. The Labute approximate surface area is 151 Å². The van der Waals surface area contributed by atoms with E-state index in [1.165, 1.54) is 0 Å². The number of aryl methyl sites for hydroxylation is 1. The number of likely N-dealkylation sites (tertiary alicyclic amines) is 1. The number of hydrogen-bond acceptors (Lipinski definition) is 3. The molecule has 2 aliphatic heterocycles. The average molecular weight is 365 g/mol. The summed E-state index contributed by atoms with van der Waals surface area (Å²) in [6.07, 6.45) is 5.05. The van der Waals surface area contributed by atoms with Crippen molar-refractivity contribution >= 4 is 15.9 Å². The predicted octanol–water partition coefficient (Wildman–Crippen LogP) is 3.04. The second-order valence-corrected chi connectivity index (χ2v) is 9.35. The normalized spacial score (nSPS) is 22.8. The molecule has 138 valence electrons. The molecule has 3 rings (SSSR count). The summed E-state index contributed by atoms with van der Waals surface area (Å²) < 4.78 is 27.6. The van der Waals surface area contributed by atoms with E-state index < -0.39 is 10.0 Å². The van der Waals surface area contributed by atoms with Crippen LogP contribution < -0.4 is 0 Å². The zero-order chi connectivity index (χ0) is 18.0. The first-order valence-electron chi connectivity index (χ1n) is 9.29. The number of carbonyl (C=O) groups excluding carboxylic acids is 1. The van der Waals surface area contributed by atoms with Gasteiger partial charge in [0.1, 0.15) is 0 Å². The molecule has 0 saturated carbocycles. The van der Waals surface area contributed by atoms with Crippen molar-refractivity contribution in [2.24, 2.45) is 5.92 Å². The molecule has 1 atom stereocenters. The van der Waals surface area contributed by atoms with Crippen molar-refractivity contribution in [1.29, 1.82) is 0 Å². The topological polar surface area (TPSA) is 57.7 Å². The van der Waals surface area contributed by atoms with Gasteiger partial charge in [0, 0.05) is 31.7 Å². The smallest absolute Gasteiger partial charge is 0.253 e. The lowest BCUT2D eigenvalue weighted by Crippen LogP contribution is -2.39. The third kappa shape index (κ3) is 3.90. The molecule has 2 aliphatic rings. The molecule has 1 aromatic carbocycles. The SMILES string of the molecule is Cc1ccc(C(=O)N2CCC[C@H](C)C2)cc1S(=O)(=O)N1CCCCC1. The number of piperidine rings is 2. The Hall–Kier alpha value is -1.40. The maximum atomic E-state index is 13.0. The van der Waals surface area contributed by atoms with E-state index in [9.17, 15) is 13.2 Å². The van der Waals surface area contributed by atoms with E-state index in [0.717, 1.165) is 45.2 Å². The Morgan fingerprint density at radius 2 is 1.80 bits per heavy atom. The van der Waals surface area contributed by atoms with Crippen LogP contribution in [0, 0.1) is 12.8 Å². The number of nitrogens with zero attached hydrogens (tertiary/aromatic N) is 2. The molecule has 25 heavy (non-hydrogen) atoms. The molecule has 0 aromatic heterocycles. The second kappa shape index (κ2) is 7.46. The largest absolute Gasteiger partial charge is 0.338 e. The lowest BCUT2D eigenvalue weighted by Gasteiger charge is -2.31. The van der Waals surface area contributed by atoms with Crippen molar-refractivity contribution in [2.45, 2.75) is 50.8 Å². The Kier molecular flexibility index (Phi) is 5.49. The number of hydrogen-bond donors (Lipinski definition) is 0. The number of rotatable bonds is 3. The van der Waals surface area contributed by atoms with Crippen LogP contribution in [-0.4, -0.2) is 49.7 Å². The average Bonchev–Trinajstić information content (AvgIpc) is 2.62. The minimum atomic E-state index is -3.53. The van der Waals surface area contributed by atoms with Gasteiger partial charge in [0.25, 0.3) is 5.91 Å². The van der Waals surface area contributed by atoms with Gasteiger partial charge in [-0.3, -0.25) is 4.79 Å². The van der Waals surface area contributed by atoms with E-state index in [1.807, 2.05) is 4.90 Å².